The molecule has 0 saturated carbocycles. The van der Waals surface area contributed by atoms with Crippen LogP contribution in [0.4, 0.5) is 0 Å². The topological polar surface area (TPSA) is 12.0 Å². The Balaban J connectivity index is 3.46. The van der Waals surface area contributed by atoms with Gasteiger partial charge >= 0.3 is 0 Å². The van der Waals surface area contributed by atoms with E-state index >= 15 is 0 Å². The van der Waals surface area contributed by atoms with E-state index in [1.54, 1.807) is 0 Å². The Morgan fingerprint density at radius 1 is 1.36 bits per heavy atom. The fourth-order valence-electron chi connectivity index (χ4n) is 0.832. The first-order valence-electron chi connectivity index (χ1n) is 4.37. The maximum Gasteiger partial charge on any atom is 0.0166 e. The Bertz CT molecular complexity index is 119. The van der Waals surface area contributed by atoms with Crippen LogP contribution in [0.2, 0.25) is 0 Å². The molecule has 0 fully saturated rings. The third-order valence-corrected chi connectivity index (χ3v) is 1.47. The highest BCUT2D eigenvalue weighted by Crippen LogP contribution is 2.03. The zero-order valence-electron chi connectivity index (χ0n) is 8.33. The first-order valence-corrected chi connectivity index (χ1v) is 4.37. The van der Waals surface area contributed by atoms with E-state index in [4.69, 9.17) is 0 Å². The molecule has 1 N–H and O–H groups in total. The molecule has 0 saturated heterocycles. The average molecular weight is 155 g/mol. The van der Waals surface area contributed by atoms with Crippen LogP contribution in [0.1, 0.15) is 40.5 Å². The van der Waals surface area contributed by atoms with Gasteiger partial charge in [-0.05, 0) is 27.2 Å². The lowest BCUT2D eigenvalue weighted by Gasteiger charge is -2.21. The van der Waals surface area contributed by atoms with Crippen LogP contribution in [0.15, 0.2) is 12.2 Å². The molecule has 0 unspecified atom stereocenters. The molecule has 0 bridgehead atoms. The van der Waals surface area contributed by atoms with Gasteiger partial charge in [0.05, 0.1) is 0 Å². The molecule has 0 aliphatic carbocycles. The summed E-state index contributed by atoms with van der Waals surface area (Å²) in [6.07, 6.45) is 2.34. The fourth-order valence-corrected chi connectivity index (χ4v) is 0.832. The van der Waals surface area contributed by atoms with Gasteiger partial charge in [-0.3, -0.25) is 0 Å². The minimum Gasteiger partial charge on any atom is -0.308 e. The van der Waals surface area contributed by atoms with E-state index in [9.17, 15) is 0 Å². The van der Waals surface area contributed by atoms with Crippen LogP contribution in [0.3, 0.4) is 0 Å². The van der Waals surface area contributed by atoms with Crippen molar-refractivity contribution in [2.75, 3.05) is 6.54 Å². The van der Waals surface area contributed by atoms with E-state index < -0.39 is 0 Å². The average Bonchev–Trinajstić information content (AvgIpc) is 1.83. The van der Waals surface area contributed by atoms with Crippen molar-refractivity contribution in [2.24, 2.45) is 0 Å². The Morgan fingerprint density at radius 3 is 2.27 bits per heavy atom. The molecule has 0 heterocycles. The molecule has 0 radical (unpaired) electrons. The zero-order chi connectivity index (χ0) is 8.91. The van der Waals surface area contributed by atoms with E-state index in [1.165, 1.54) is 12.0 Å². The molecule has 0 aromatic heterocycles. The summed E-state index contributed by atoms with van der Waals surface area (Å²) in [5, 5.41) is 3.41. The van der Waals surface area contributed by atoms with Crippen LogP contribution in [0, 0.1) is 0 Å². The van der Waals surface area contributed by atoms with Gasteiger partial charge in [-0.2, -0.15) is 0 Å². The molecular weight excluding hydrogens is 134 g/mol. The molecule has 0 spiro atoms. The maximum absolute atomic E-state index is 3.98. The largest absolute Gasteiger partial charge is 0.308 e. The van der Waals surface area contributed by atoms with E-state index in [-0.39, 0.29) is 5.54 Å². The van der Waals surface area contributed by atoms with E-state index in [1.807, 2.05) is 0 Å². The molecule has 66 valence electrons. The SMILES string of the molecule is C=C(CCC)CNC(C)(C)C. The van der Waals surface area contributed by atoms with Gasteiger partial charge in [0, 0.05) is 12.1 Å². The monoisotopic (exact) mass is 155 g/mol. The minimum atomic E-state index is 0.219. The Labute approximate surface area is 70.9 Å². The summed E-state index contributed by atoms with van der Waals surface area (Å²) >= 11 is 0. The zero-order valence-corrected chi connectivity index (χ0v) is 8.33. The molecule has 0 aliphatic rings. The lowest BCUT2D eigenvalue weighted by atomic mass is 10.1. The van der Waals surface area contributed by atoms with Crippen molar-refractivity contribution < 1.29 is 0 Å². The normalized spacial score (nSPS) is 11.6. The van der Waals surface area contributed by atoms with Gasteiger partial charge in [-0.25, -0.2) is 0 Å². The molecule has 0 aliphatic heterocycles. The Kier molecular flexibility index (Phi) is 4.43. The quantitative estimate of drug-likeness (QED) is 0.615. The van der Waals surface area contributed by atoms with Crippen LogP contribution >= 0.6 is 0 Å². The second kappa shape index (κ2) is 4.55. The van der Waals surface area contributed by atoms with E-state index in [0.29, 0.717) is 0 Å². The molecule has 0 aromatic rings. The lowest BCUT2D eigenvalue weighted by Crippen LogP contribution is -2.36. The predicted molar refractivity (Wildman–Crippen MR) is 51.8 cm³/mol. The third kappa shape index (κ3) is 7.60. The van der Waals surface area contributed by atoms with Crippen molar-refractivity contribution in [2.45, 2.75) is 46.1 Å². The number of rotatable bonds is 4. The summed E-state index contributed by atoms with van der Waals surface area (Å²) in [4.78, 5) is 0. The van der Waals surface area contributed by atoms with Crippen LogP contribution in [-0.4, -0.2) is 12.1 Å². The maximum atomic E-state index is 3.98. The van der Waals surface area contributed by atoms with Crippen LogP contribution in [0.25, 0.3) is 0 Å². The highest BCUT2D eigenvalue weighted by atomic mass is 14.9. The van der Waals surface area contributed by atoms with E-state index in [0.717, 1.165) is 13.0 Å². The molecule has 0 aromatic carbocycles. The van der Waals surface area contributed by atoms with Crippen LogP contribution in [-0.2, 0) is 0 Å². The highest BCUT2D eigenvalue weighted by Gasteiger charge is 2.07. The van der Waals surface area contributed by atoms with Gasteiger partial charge in [-0.1, -0.05) is 25.5 Å². The molecule has 1 nitrogen and oxygen atoms in total. The molecule has 0 rings (SSSR count). The van der Waals surface area contributed by atoms with Crippen molar-refractivity contribution >= 4 is 0 Å². The van der Waals surface area contributed by atoms with Crippen molar-refractivity contribution in [3.63, 3.8) is 0 Å². The van der Waals surface area contributed by atoms with Gasteiger partial charge in [0.2, 0.25) is 0 Å². The van der Waals surface area contributed by atoms with Gasteiger partial charge in [0.15, 0.2) is 0 Å². The number of hydrogen-bond acceptors (Lipinski definition) is 1. The van der Waals surface area contributed by atoms with E-state index in [2.05, 4.69) is 39.6 Å². The highest BCUT2D eigenvalue weighted by molar-refractivity contribution is 4.97. The van der Waals surface area contributed by atoms with Crippen molar-refractivity contribution in [1.29, 1.82) is 0 Å². The second-order valence-corrected chi connectivity index (χ2v) is 4.10. The molecule has 1 heteroatoms. The smallest absolute Gasteiger partial charge is 0.0166 e. The van der Waals surface area contributed by atoms with Crippen molar-refractivity contribution in [1.82, 2.24) is 5.32 Å². The standard InChI is InChI=1S/C10H21N/c1-6-7-9(2)8-11-10(3,4)5/h11H,2,6-8H2,1,3-5H3. The van der Waals surface area contributed by atoms with Gasteiger partial charge in [-0.15, -0.1) is 0 Å². The summed E-state index contributed by atoms with van der Waals surface area (Å²) in [7, 11) is 0. The number of nitrogens with one attached hydrogen (secondary N) is 1. The summed E-state index contributed by atoms with van der Waals surface area (Å²) in [6, 6.07) is 0. The second-order valence-electron chi connectivity index (χ2n) is 4.10. The number of hydrogen-bond donors (Lipinski definition) is 1. The summed E-state index contributed by atoms with van der Waals surface area (Å²) < 4.78 is 0. The van der Waals surface area contributed by atoms with Gasteiger partial charge < -0.3 is 5.32 Å². The minimum absolute atomic E-state index is 0.219. The fraction of sp³-hybridized carbons (Fsp3) is 0.800. The molecule has 11 heavy (non-hydrogen) atoms. The lowest BCUT2D eigenvalue weighted by molar-refractivity contribution is 0.442. The predicted octanol–water partition coefficient (Wildman–Crippen LogP) is 2.73. The third-order valence-electron chi connectivity index (χ3n) is 1.47. The first kappa shape index (κ1) is 10.7. The molecule has 0 atom stereocenters. The van der Waals surface area contributed by atoms with Gasteiger partial charge in [0.25, 0.3) is 0 Å². The van der Waals surface area contributed by atoms with Crippen molar-refractivity contribution in [3.05, 3.63) is 12.2 Å². The molecular formula is C10H21N. The van der Waals surface area contributed by atoms with Crippen LogP contribution < -0.4 is 5.32 Å². The Hall–Kier alpha value is -0.300. The van der Waals surface area contributed by atoms with Crippen LogP contribution in [0.5, 0.6) is 0 Å². The Morgan fingerprint density at radius 2 is 1.91 bits per heavy atom. The van der Waals surface area contributed by atoms with Gasteiger partial charge in [0.1, 0.15) is 0 Å². The van der Waals surface area contributed by atoms with Crippen molar-refractivity contribution in [3.8, 4) is 0 Å². The summed E-state index contributed by atoms with van der Waals surface area (Å²) in [6.45, 7) is 13.6. The first-order chi connectivity index (χ1) is 4.95. The summed E-state index contributed by atoms with van der Waals surface area (Å²) in [5.41, 5.74) is 1.53. The summed E-state index contributed by atoms with van der Waals surface area (Å²) in [5.74, 6) is 0. The molecule has 0 amide bonds.